The van der Waals surface area contributed by atoms with Gasteiger partial charge in [0.15, 0.2) is 5.49 Å². The van der Waals surface area contributed by atoms with Crippen LogP contribution in [0.1, 0.15) is 72.9 Å². The molecule has 0 saturated carbocycles. The topological polar surface area (TPSA) is 95.0 Å². The molecule has 4 rings (SSSR count). The Morgan fingerprint density at radius 2 is 1.76 bits per heavy atom. The van der Waals surface area contributed by atoms with Crippen molar-refractivity contribution in [2.75, 3.05) is 6.61 Å². The first-order chi connectivity index (χ1) is 17.6. The summed E-state index contributed by atoms with van der Waals surface area (Å²) in [6.45, 7) is 12.4. The number of aryl methyl sites for hydroxylation is 2. The van der Waals surface area contributed by atoms with Crippen molar-refractivity contribution in [2.24, 2.45) is 4.99 Å². The van der Waals surface area contributed by atoms with Gasteiger partial charge in [0, 0.05) is 18.3 Å². The smallest absolute Gasteiger partial charge is 0.341 e. The molecule has 0 aliphatic rings. The number of benzene rings is 1. The van der Waals surface area contributed by atoms with Gasteiger partial charge >= 0.3 is 5.97 Å². The van der Waals surface area contributed by atoms with Gasteiger partial charge in [-0.25, -0.2) is 9.78 Å². The Labute approximate surface area is 215 Å². The van der Waals surface area contributed by atoms with E-state index in [9.17, 15) is 14.4 Å². The van der Waals surface area contributed by atoms with Gasteiger partial charge in [-0.3, -0.25) is 14.0 Å². The SMILES string of the molecule is CCCn1c(=NC(=O)c2ccc(C(C)(C)C)cc2)c(C(=O)OCC)cc2c(=O)n3cccc(C)c3nc21. The van der Waals surface area contributed by atoms with Crippen molar-refractivity contribution in [3.05, 3.63) is 86.8 Å². The molecule has 0 fully saturated rings. The van der Waals surface area contributed by atoms with Crippen molar-refractivity contribution in [3.63, 3.8) is 0 Å². The first-order valence-corrected chi connectivity index (χ1v) is 12.5. The zero-order valence-electron chi connectivity index (χ0n) is 22.2. The van der Waals surface area contributed by atoms with Crippen LogP contribution in [0.3, 0.4) is 0 Å². The lowest BCUT2D eigenvalue weighted by atomic mass is 9.87. The molecule has 0 bridgehead atoms. The monoisotopic (exact) mass is 500 g/mol. The number of nitrogens with zero attached hydrogens (tertiary/aromatic N) is 4. The molecule has 0 spiro atoms. The van der Waals surface area contributed by atoms with E-state index in [2.05, 4.69) is 25.8 Å². The second-order valence-electron chi connectivity index (χ2n) is 10.0. The molecule has 4 aromatic rings. The van der Waals surface area contributed by atoms with E-state index >= 15 is 0 Å². The molecular weight excluding hydrogens is 468 g/mol. The number of ether oxygens (including phenoxy) is 1. The van der Waals surface area contributed by atoms with E-state index in [1.54, 1.807) is 35.9 Å². The van der Waals surface area contributed by atoms with Crippen molar-refractivity contribution >= 4 is 28.6 Å². The maximum absolute atomic E-state index is 13.5. The van der Waals surface area contributed by atoms with Crippen molar-refractivity contribution < 1.29 is 14.3 Å². The Morgan fingerprint density at radius 1 is 1.05 bits per heavy atom. The normalized spacial score (nSPS) is 12.3. The summed E-state index contributed by atoms with van der Waals surface area (Å²) in [6.07, 6.45) is 2.31. The number of amides is 1. The third-order valence-electron chi connectivity index (χ3n) is 6.25. The van der Waals surface area contributed by atoms with E-state index in [4.69, 9.17) is 9.72 Å². The lowest BCUT2D eigenvalue weighted by Crippen LogP contribution is -2.33. The first-order valence-electron chi connectivity index (χ1n) is 12.5. The largest absolute Gasteiger partial charge is 0.462 e. The number of hydrogen-bond donors (Lipinski definition) is 0. The number of hydrogen-bond acceptors (Lipinski definition) is 5. The van der Waals surface area contributed by atoms with Crippen LogP contribution in [-0.2, 0) is 16.7 Å². The number of fused-ring (bicyclic) bond motifs is 2. The lowest BCUT2D eigenvalue weighted by molar-refractivity contribution is 0.0523. The molecule has 8 nitrogen and oxygen atoms in total. The number of pyridine rings is 2. The minimum Gasteiger partial charge on any atom is -0.462 e. The highest BCUT2D eigenvalue weighted by Crippen LogP contribution is 2.22. The van der Waals surface area contributed by atoms with Crippen LogP contribution < -0.4 is 11.0 Å². The van der Waals surface area contributed by atoms with E-state index in [0.29, 0.717) is 29.8 Å². The second-order valence-corrected chi connectivity index (χ2v) is 10.0. The number of aromatic nitrogens is 3. The molecule has 192 valence electrons. The quantitative estimate of drug-likeness (QED) is 0.295. The molecule has 8 heteroatoms. The van der Waals surface area contributed by atoms with Gasteiger partial charge in [0.05, 0.1) is 12.0 Å². The summed E-state index contributed by atoms with van der Waals surface area (Å²) >= 11 is 0. The van der Waals surface area contributed by atoms with Crippen LogP contribution in [0.2, 0.25) is 0 Å². The summed E-state index contributed by atoms with van der Waals surface area (Å²) in [5.74, 6) is -1.15. The molecule has 0 saturated heterocycles. The number of carbonyl (C=O) groups excluding carboxylic acids is 2. The van der Waals surface area contributed by atoms with E-state index in [1.165, 1.54) is 10.5 Å². The highest BCUT2D eigenvalue weighted by Gasteiger charge is 2.21. The molecule has 37 heavy (non-hydrogen) atoms. The Hall–Kier alpha value is -4.07. The minimum absolute atomic E-state index is 0.0500. The van der Waals surface area contributed by atoms with Crippen LogP contribution >= 0.6 is 0 Å². The predicted molar refractivity (Wildman–Crippen MR) is 143 cm³/mol. The van der Waals surface area contributed by atoms with Crippen LogP contribution in [0.4, 0.5) is 0 Å². The summed E-state index contributed by atoms with van der Waals surface area (Å²) < 4.78 is 8.42. The van der Waals surface area contributed by atoms with Crippen molar-refractivity contribution in [1.82, 2.24) is 14.0 Å². The molecule has 0 radical (unpaired) electrons. The molecule has 1 amide bonds. The van der Waals surface area contributed by atoms with Gasteiger partial charge in [-0.2, -0.15) is 4.99 Å². The number of carbonyl (C=O) groups is 2. The highest BCUT2D eigenvalue weighted by molar-refractivity contribution is 5.97. The third kappa shape index (κ3) is 4.96. The fourth-order valence-corrected chi connectivity index (χ4v) is 4.28. The average molecular weight is 501 g/mol. The lowest BCUT2D eigenvalue weighted by Gasteiger charge is -2.18. The third-order valence-corrected chi connectivity index (χ3v) is 6.25. The maximum Gasteiger partial charge on any atom is 0.341 e. The molecule has 0 aliphatic carbocycles. The Morgan fingerprint density at radius 3 is 2.38 bits per heavy atom. The molecule has 0 atom stereocenters. The Bertz CT molecular complexity index is 1640. The van der Waals surface area contributed by atoms with E-state index in [-0.39, 0.29) is 34.0 Å². The molecule has 0 unspecified atom stereocenters. The van der Waals surface area contributed by atoms with Crippen molar-refractivity contribution in [3.8, 4) is 0 Å². The van der Waals surface area contributed by atoms with Gasteiger partial charge in [-0.1, -0.05) is 45.9 Å². The molecule has 3 aromatic heterocycles. The van der Waals surface area contributed by atoms with Crippen LogP contribution in [0.5, 0.6) is 0 Å². The van der Waals surface area contributed by atoms with Gasteiger partial charge in [0.1, 0.15) is 16.9 Å². The van der Waals surface area contributed by atoms with Crippen LogP contribution in [0, 0.1) is 6.92 Å². The number of rotatable bonds is 5. The molecule has 3 heterocycles. The second kappa shape index (κ2) is 10.1. The van der Waals surface area contributed by atoms with Gasteiger partial charge in [-0.15, -0.1) is 0 Å². The van der Waals surface area contributed by atoms with Crippen LogP contribution in [0.15, 0.2) is 58.4 Å². The van der Waals surface area contributed by atoms with E-state index in [0.717, 1.165) is 11.1 Å². The van der Waals surface area contributed by atoms with Crippen molar-refractivity contribution in [1.29, 1.82) is 0 Å². The minimum atomic E-state index is -0.655. The van der Waals surface area contributed by atoms with Gasteiger partial charge in [-0.05, 0) is 61.1 Å². The Kier molecular flexibility index (Phi) is 7.12. The summed E-state index contributed by atoms with van der Waals surface area (Å²) in [5.41, 5.74) is 2.99. The van der Waals surface area contributed by atoms with E-state index < -0.39 is 11.9 Å². The highest BCUT2D eigenvalue weighted by atomic mass is 16.5. The maximum atomic E-state index is 13.5. The average Bonchev–Trinajstić information content (AvgIpc) is 2.86. The fraction of sp³-hybridized carbons (Fsp3) is 0.345. The molecule has 0 aliphatic heterocycles. The summed E-state index contributed by atoms with van der Waals surface area (Å²) in [5, 5.41) is 0.250. The molecular formula is C29H32N4O4. The summed E-state index contributed by atoms with van der Waals surface area (Å²) in [7, 11) is 0. The first kappa shape index (κ1) is 26.0. The van der Waals surface area contributed by atoms with Crippen LogP contribution in [-0.4, -0.2) is 32.4 Å². The molecule has 0 N–H and O–H groups in total. The Balaban J connectivity index is 2.05. The fourth-order valence-electron chi connectivity index (χ4n) is 4.28. The van der Waals surface area contributed by atoms with E-state index in [1.807, 2.05) is 32.0 Å². The summed E-state index contributed by atoms with van der Waals surface area (Å²) in [6, 6.07) is 12.4. The van der Waals surface area contributed by atoms with Gasteiger partial charge in [0.2, 0.25) is 0 Å². The number of esters is 1. The van der Waals surface area contributed by atoms with Crippen LogP contribution in [0.25, 0.3) is 16.7 Å². The zero-order chi connectivity index (χ0) is 26.9. The van der Waals surface area contributed by atoms with Crippen molar-refractivity contribution in [2.45, 2.75) is 59.9 Å². The predicted octanol–water partition coefficient (Wildman–Crippen LogP) is 4.58. The standard InChI is InChI=1S/C29H32N4O4/c1-7-15-32-24-21(27(35)33-16-9-10-18(3)23(33)30-24)17-22(28(36)37-8-2)25(32)31-26(34)19-11-13-20(14-12-19)29(4,5)6/h9-14,16-17H,7-8,15H2,1-6H3. The summed E-state index contributed by atoms with van der Waals surface area (Å²) in [4.78, 5) is 49.0. The zero-order valence-corrected chi connectivity index (χ0v) is 22.2. The van der Waals surface area contributed by atoms with Gasteiger partial charge in [0.25, 0.3) is 11.5 Å². The van der Waals surface area contributed by atoms with Gasteiger partial charge < -0.3 is 9.30 Å². The molecule has 1 aromatic carbocycles.